The van der Waals surface area contributed by atoms with E-state index in [1.165, 1.54) is 10.8 Å². The molecular formula is C23H24ClF3N6O. The Hall–Kier alpha value is -2.88. The number of carbonyl (C=O) groups excluding carboxylic acids is 1. The monoisotopic (exact) mass is 492 g/mol. The first-order chi connectivity index (χ1) is 16.4. The molecule has 1 unspecified atom stereocenters. The van der Waals surface area contributed by atoms with Crippen LogP contribution in [0.15, 0.2) is 18.5 Å². The maximum atomic E-state index is 14.8. The number of nitrogens with zero attached hydrogens (tertiary/aromatic N) is 6. The largest absolute Gasteiger partial charge is 0.355 e. The Bertz CT molecular complexity index is 1200. The van der Waals surface area contributed by atoms with Crippen LogP contribution in [0.25, 0.3) is 16.9 Å². The Kier molecular flexibility index (Phi) is 6.33. The molecule has 1 aromatic carbocycles. The first-order valence-electron chi connectivity index (χ1n) is 11.5. The van der Waals surface area contributed by atoms with Crippen LogP contribution in [0.4, 0.5) is 19.0 Å². The van der Waals surface area contributed by atoms with Gasteiger partial charge in [0.05, 0.1) is 17.0 Å². The van der Waals surface area contributed by atoms with Crippen LogP contribution in [0.1, 0.15) is 38.5 Å². The normalized spacial score (nSPS) is 19.5. The van der Waals surface area contributed by atoms with Gasteiger partial charge in [0.15, 0.2) is 0 Å². The summed E-state index contributed by atoms with van der Waals surface area (Å²) in [4.78, 5) is 25.3. The molecule has 0 bridgehead atoms. The third-order valence-electron chi connectivity index (χ3n) is 6.60. The van der Waals surface area contributed by atoms with Gasteiger partial charge in [0.25, 0.3) is 5.78 Å². The van der Waals surface area contributed by atoms with Crippen molar-refractivity contribution in [3.05, 3.63) is 41.1 Å². The van der Waals surface area contributed by atoms with E-state index in [9.17, 15) is 18.0 Å². The zero-order valence-electron chi connectivity index (χ0n) is 18.5. The molecule has 1 atom stereocenters. The first-order valence-corrected chi connectivity index (χ1v) is 11.9. The summed E-state index contributed by atoms with van der Waals surface area (Å²) in [6.45, 7) is 2.36. The maximum absolute atomic E-state index is 14.8. The summed E-state index contributed by atoms with van der Waals surface area (Å²) in [6.07, 6.45) is 6.93. The van der Waals surface area contributed by atoms with Crippen molar-refractivity contribution in [3.63, 3.8) is 0 Å². The van der Waals surface area contributed by atoms with Crippen molar-refractivity contribution in [2.24, 2.45) is 5.92 Å². The fraction of sp³-hybridized carbons (Fsp3) is 0.478. The van der Waals surface area contributed by atoms with Crippen molar-refractivity contribution < 1.29 is 18.0 Å². The molecule has 0 spiro atoms. The molecule has 2 aliphatic rings. The second-order valence-corrected chi connectivity index (χ2v) is 9.20. The van der Waals surface area contributed by atoms with Crippen LogP contribution in [-0.2, 0) is 4.79 Å². The SMILES string of the molecule is O=C(C1CCCN(c2c(-c3c(F)cc(F)cc3F)c(Cl)nc3ncnn23)C1)N1CCCCCC1. The number of anilines is 1. The van der Waals surface area contributed by atoms with Crippen LogP contribution in [0.3, 0.4) is 0 Å². The highest BCUT2D eigenvalue weighted by Crippen LogP contribution is 2.40. The minimum absolute atomic E-state index is 0.0439. The van der Waals surface area contributed by atoms with E-state index in [-0.39, 0.29) is 34.1 Å². The fourth-order valence-electron chi connectivity index (χ4n) is 5.01. The Balaban J connectivity index is 1.57. The van der Waals surface area contributed by atoms with Gasteiger partial charge in [-0.3, -0.25) is 4.79 Å². The zero-order chi connectivity index (χ0) is 23.8. The van der Waals surface area contributed by atoms with Crippen molar-refractivity contribution >= 4 is 29.1 Å². The van der Waals surface area contributed by atoms with Gasteiger partial charge >= 0.3 is 0 Å². The Labute approximate surface area is 199 Å². The predicted molar refractivity (Wildman–Crippen MR) is 121 cm³/mol. The fourth-order valence-corrected chi connectivity index (χ4v) is 5.27. The number of rotatable bonds is 3. The second kappa shape index (κ2) is 9.40. The van der Waals surface area contributed by atoms with Gasteiger partial charge in [-0.05, 0) is 25.7 Å². The summed E-state index contributed by atoms with van der Waals surface area (Å²) in [5, 5.41) is 4.02. The third kappa shape index (κ3) is 4.19. The highest BCUT2D eigenvalue weighted by molar-refractivity contribution is 6.33. The van der Waals surface area contributed by atoms with Gasteiger partial charge in [-0.25, -0.2) is 13.2 Å². The standard InChI is InChI=1S/C23H24ClF3N6O/c24-20-19(18-16(26)10-15(25)11-17(18)27)21(33-23(30-20)28-13-29-33)32-9-5-6-14(12-32)22(34)31-7-3-1-2-4-8-31/h10-11,13-14H,1-9,12H2. The average Bonchev–Trinajstić information content (AvgIpc) is 3.10. The summed E-state index contributed by atoms with van der Waals surface area (Å²) in [6, 6.07) is 1.21. The molecule has 3 aromatic rings. The van der Waals surface area contributed by atoms with E-state index >= 15 is 0 Å². The molecule has 11 heteroatoms. The van der Waals surface area contributed by atoms with E-state index in [4.69, 9.17) is 11.6 Å². The van der Waals surface area contributed by atoms with E-state index < -0.39 is 23.0 Å². The second-order valence-electron chi connectivity index (χ2n) is 8.84. The lowest BCUT2D eigenvalue weighted by Crippen LogP contribution is -2.46. The van der Waals surface area contributed by atoms with Crippen molar-refractivity contribution in [2.75, 3.05) is 31.1 Å². The molecule has 4 heterocycles. The summed E-state index contributed by atoms with van der Waals surface area (Å²) in [5.74, 6) is -2.96. The zero-order valence-corrected chi connectivity index (χ0v) is 19.2. The van der Waals surface area contributed by atoms with E-state index in [2.05, 4.69) is 15.1 Å². The molecule has 7 nitrogen and oxygen atoms in total. The molecule has 0 aliphatic carbocycles. The average molecular weight is 493 g/mol. The van der Waals surface area contributed by atoms with Crippen molar-refractivity contribution in [2.45, 2.75) is 38.5 Å². The number of likely N-dealkylation sites (tertiary alicyclic amines) is 1. The highest BCUT2D eigenvalue weighted by Gasteiger charge is 2.34. The van der Waals surface area contributed by atoms with Gasteiger partial charge in [0.1, 0.15) is 34.7 Å². The number of carbonyl (C=O) groups is 1. The quantitative estimate of drug-likeness (QED) is 0.504. The minimum Gasteiger partial charge on any atom is -0.355 e. The molecule has 0 radical (unpaired) electrons. The summed E-state index contributed by atoms with van der Waals surface area (Å²) in [5.41, 5.74) is -0.537. The van der Waals surface area contributed by atoms with Gasteiger partial charge in [-0.2, -0.15) is 19.6 Å². The first kappa shape index (κ1) is 22.9. The van der Waals surface area contributed by atoms with Crippen LogP contribution in [-0.4, -0.2) is 56.6 Å². The Morgan fingerprint density at radius 3 is 2.38 bits per heavy atom. The Morgan fingerprint density at radius 2 is 1.68 bits per heavy atom. The number of amides is 1. The van der Waals surface area contributed by atoms with Gasteiger partial charge in [0, 0.05) is 38.3 Å². The lowest BCUT2D eigenvalue weighted by Gasteiger charge is -2.36. The molecule has 2 saturated heterocycles. The lowest BCUT2D eigenvalue weighted by molar-refractivity contribution is -0.135. The Morgan fingerprint density at radius 1 is 0.971 bits per heavy atom. The summed E-state index contributed by atoms with van der Waals surface area (Å²) in [7, 11) is 0. The summed E-state index contributed by atoms with van der Waals surface area (Å²) >= 11 is 6.42. The van der Waals surface area contributed by atoms with Crippen LogP contribution in [0, 0.1) is 23.4 Å². The smallest absolute Gasteiger partial charge is 0.255 e. The van der Waals surface area contributed by atoms with Crippen molar-refractivity contribution in [3.8, 4) is 11.1 Å². The number of hydrogen-bond donors (Lipinski definition) is 0. The number of benzene rings is 1. The van der Waals surface area contributed by atoms with Crippen LogP contribution in [0.5, 0.6) is 0 Å². The van der Waals surface area contributed by atoms with Gasteiger partial charge < -0.3 is 9.80 Å². The third-order valence-corrected chi connectivity index (χ3v) is 6.88. The highest BCUT2D eigenvalue weighted by atomic mass is 35.5. The van der Waals surface area contributed by atoms with Crippen LogP contribution < -0.4 is 4.90 Å². The van der Waals surface area contributed by atoms with Gasteiger partial charge in [-0.1, -0.05) is 24.4 Å². The van der Waals surface area contributed by atoms with Crippen LogP contribution in [0.2, 0.25) is 5.15 Å². The molecule has 1 amide bonds. The molecule has 2 fully saturated rings. The van der Waals surface area contributed by atoms with E-state index in [1.807, 2.05) is 9.80 Å². The number of piperidine rings is 1. The minimum atomic E-state index is -1.10. The number of halogens is 4. The van der Waals surface area contributed by atoms with E-state index in [1.54, 1.807) is 0 Å². The molecular weight excluding hydrogens is 469 g/mol. The summed E-state index contributed by atoms with van der Waals surface area (Å²) < 4.78 is 44.7. The molecule has 5 rings (SSSR count). The molecule has 180 valence electrons. The van der Waals surface area contributed by atoms with E-state index in [0.717, 1.165) is 45.2 Å². The number of aromatic nitrogens is 4. The molecule has 34 heavy (non-hydrogen) atoms. The van der Waals surface area contributed by atoms with Crippen LogP contribution >= 0.6 is 11.6 Å². The van der Waals surface area contributed by atoms with E-state index in [0.29, 0.717) is 31.6 Å². The molecule has 0 N–H and O–H groups in total. The number of fused-ring (bicyclic) bond motifs is 1. The number of hydrogen-bond acceptors (Lipinski definition) is 5. The van der Waals surface area contributed by atoms with Gasteiger partial charge in [0.2, 0.25) is 5.91 Å². The maximum Gasteiger partial charge on any atom is 0.255 e. The topological polar surface area (TPSA) is 66.6 Å². The molecule has 2 aromatic heterocycles. The van der Waals surface area contributed by atoms with Gasteiger partial charge in [-0.15, -0.1) is 0 Å². The lowest BCUT2D eigenvalue weighted by atomic mass is 9.95. The van der Waals surface area contributed by atoms with Crippen molar-refractivity contribution in [1.82, 2.24) is 24.5 Å². The predicted octanol–water partition coefficient (Wildman–Crippen LogP) is 4.48. The molecule has 2 aliphatic heterocycles. The molecule has 0 saturated carbocycles. The van der Waals surface area contributed by atoms with Crippen molar-refractivity contribution in [1.29, 1.82) is 0 Å².